The highest BCUT2D eigenvalue weighted by Gasteiger charge is 2.38. The third-order valence-corrected chi connectivity index (χ3v) is 14.1. The van der Waals surface area contributed by atoms with Crippen molar-refractivity contribution in [2.75, 3.05) is 4.90 Å². The van der Waals surface area contributed by atoms with Crippen LogP contribution in [0.5, 0.6) is 0 Å². The SMILES string of the molecule is C#C/C=C\c1c(C)cccc1-c1cc(-c2ccccc2)c(N(c2ccc3c(c2)C(C)(C)c2ccccc2-3)c2ccc3c(c2)C(C)(C)c2ccccc2-3)c(-c2cccc3ccccc23)c1. The molecule has 0 saturated carbocycles. The molecule has 11 rings (SSSR count). The van der Waals surface area contributed by atoms with Crippen molar-refractivity contribution in [1.82, 2.24) is 0 Å². The van der Waals surface area contributed by atoms with Crippen molar-refractivity contribution in [2.45, 2.75) is 45.4 Å². The fraction of sp³-hybridized carbons (Fsp3) is 0.111. The third-order valence-electron chi connectivity index (χ3n) is 14.1. The number of nitrogens with zero attached hydrogens (tertiary/aromatic N) is 1. The summed E-state index contributed by atoms with van der Waals surface area (Å²) in [6.45, 7) is 11.7. The zero-order valence-electron chi connectivity index (χ0n) is 37.1. The smallest absolute Gasteiger partial charge is 0.0619 e. The van der Waals surface area contributed by atoms with Gasteiger partial charge in [0.15, 0.2) is 0 Å². The molecule has 0 amide bonds. The first-order valence-electron chi connectivity index (χ1n) is 22.4. The standard InChI is InChI=1S/C63H49N/c1-7-8-25-47-41(2)20-18-29-49(47)44-37-55(43-21-10-9-11-22-43)61(56(38-44)50-30-19-24-42-23-12-13-26-48(42)50)64(45-33-35-53-51-27-14-16-31-57(51)62(3,4)59(53)39-45)46-34-36-54-52-28-15-17-32-58(52)63(5,6)60(54)40-46/h1,8-40H,2-6H3/b25-8-. The minimum atomic E-state index is -0.187. The van der Waals surface area contributed by atoms with Crippen molar-refractivity contribution in [3.05, 3.63) is 228 Å². The molecule has 1 heteroatoms. The molecule has 0 heterocycles. The summed E-state index contributed by atoms with van der Waals surface area (Å²) in [7, 11) is 0. The van der Waals surface area contributed by atoms with Crippen LogP contribution in [0.4, 0.5) is 17.1 Å². The van der Waals surface area contributed by atoms with Gasteiger partial charge in [-0.25, -0.2) is 0 Å². The maximum Gasteiger partial charge on any atom is 0.0619 e. The maximum atomic E-state index is 5.84. The minimum absolute atomic E-state index is 0.187. The summed E-state index contributed by atoms with van der Waals surface area (Å²) in [6, 6.07) is 70.1. The molecular weight excluding hydrogens is 771 g/mol. The first-order valence-corrected chi connectivity index (χ1v) is 22.4. The molecule has 0 spiro atoms. The van der Waals surface area contributed by atoms with Crippen LogP contribution >= 0.6 is 0 Å². The van der Waals surface area contributed by atoms with Crippen molar-refractivity contribution < 1.29 is 0 Å². The van der Waals surface area contributed by atoms with Crippen LogP contribution in [0.1, 0.15) is 61.1 Å². The van der Waals surface area contributed by atoms with E-state index < -0.39 is 0 Å². The molecule has 64 heavy (non-hydrogen) atoms. The molecule has 0 fully saturated rings. The highest BCUT2D eigenvalue weighted by Crippen LogP contribution is 2.56. The number of hydrogen-bond acceptors (Lipinski definition) is 1. The summed E-state index contributed by atoms with van der Waals surface area (Å²) in [5, 5.41) is 2.40. The van der Waals surface area contributed by atoms with Crippen molar-refractivity contribution in [3.63, 3.8) is 0 Å². The largest absolute Gasteiger partial charge is 0.309 e. The summed E-state index contributed by atoms with van der Waals surface area (Å²) in [6.07, 6.45) is 9.74. The molecule has 0 radical (unpaired) electrons. The Morgan fingerprint density at radius 3 is 1.61 bits per heavy atom. The van der Waals surface area contributed by atoms with Crippen LogP contribution in [-0.4, -0.2) is 0 Å². The van der Waals surface area contributed by atoms with E-state index in [1.165, 1.54) is 66.4 Å². The van der Waals surface area contributed by atoms with Crippen molar-refractivity contribution in [2.24, 2.45) is 0 Å². The molecule has 0 aliphatic heterocycles. The molecule has 2 aliphatic rings. The number of anilines is 3. The Morgan fingerprint density at radius 1 is 0.438 bits per heavy atom. The van der Waals surface area contributed by atoms with E-state index in [9.17, 15) is 0 Å². The van der Waals surface area contributed by atoms with Crippen molar-refractivity contribution in [3.8, 4) is 68.0 Å². The molecule has 2 aliphatic carbocycles. The van der Waals surface area contributed by atoms with E-state index in [0.29, 0.717) is 0 Å². The average Bonchev–Trinajstić information content (AvgIpc) is 3.70. The molecule has 0 unspecified atom stereocenters. The lowest BCUT2D eigenvalue weighted by molar-refractivity contribution is 0.660. The van der Waals surface area contributed by atoms with Gasteiger partial charge in [0.25, 0.3) is 0 Å². The zero-order valence-corrected chi connectivity index (χ0v) is 37.1. The van der Waals surface area contributed by atoms with Gasteiger partial charge in [-0.3, -0.25) is 0 Å². The topological polar surface area (TPSA) is 3.24 Å². The van der Waals surface area contributed by atoms with E-state index >= 15 is 0 Å². The van der Waals surface area contributed by atoms with E-state index in [2.05, 4.69) is 240 Å². The lowest BCUT2D eigenvalue weighted by atomic mass is 9.81. The molecule has 0 N–H and O–H groups in total. The van der Waals surface area contributed by atoms with Gasteiger partial charge in [0.05, 0.1) is 5.69 Å². The van der Waals surface area contributed by atoms with Crippen LogP contribution in [0.15, 0.2) is 194 Å². The van der Waals surface area contributed by atoms with Crippen LogP contribution in [0.3, 0.4) is 0 Å². The first-order chi connectivity index (χ1) is 31.1. The van der Waals surface area contributed by atoms with Gasteiger partial charge in [0.2, 0.25) is 0 Å². The number of hydrogen-bond donors (Lipinski definition) is 0. The normalized spacial score (nSPS) is 13.9. The van der Waals surface area contributed by atoms with E-state index in [4.69, 9.17) is 6.42 Å². The second kappa shape index (κ2) is 15.0. The van der Waals surface area contributed by atoms with E-state index in [-0.39, 0.29) is 10.8 Å². The van der Waals surface area contributed by atoms with Gasteiger partial charge in [-0.15, -0.1) is 6.42 Å². The van der Waals surface area contributed by atoms with Gasteiger partial charge in [-0.2, -0.15) is 0 Å². The Morgan fingerprint density at radius 2 is 0.953 bits per heavy atom. The average molecular weight is 820 g/mol. The fourth-order valence-corrected chi connectivity index (χ4v) is 10.9. The minimum Gasteiger partial charge on any atom is -0.309 e. The van der Waals surface area contributed by atoms with Gasteiger partial charge >= 0.3 is 0 Å². The summed E-state index contributed by atoms with van der Waals surface area (Å²) in [4.78, 5) is 2.57. The monoisotopic (exact) mass is 819 g/mol. The summed E-state index contributed by atoms with van der Waals surface area (Å²) < 4.78 is 0. The Balaban J connectivity index is 1.28. The number of rotatable bonds is 7. The lowest BCUT2D eigenvalue weighted by Crippen LogP contribution is -2.18. The molecule has 9 aromatic carbocycles. The molecule has 1 nitrogen and oxygen atoms in total. The molecule has 0 aromatic heterocycles. The predicted octanol–water partition coefficient (Wildman–Crippen LogP) is 16.9. The first kappa shape index (κ1) is 39.2. The van der Waals surface area contributed by atoms with Gasteiger partial charge in [-0.05, 0) is 144 Å². The zero-order chi connectivity index (χ0) is 43.7. The fourth-order valence-electron chi connectivity index (χ4n) is 10.9. The molecule has 0 bridgehead atoms. The van der Waals surface area contributed by atoms with Gasteiger partial charge in [0, 0.05) is 33.3 Å². The predicted molar refractivity (Wildman–Crippen MR) is 273 cm³/mol. The van der Waals surface area contributed by atoms with E-state index in [0.717, 1.165) is 50.4 Å². The maximum absolute atomic E-state index is 5.84. The number of fused-ring (bicyclic) bond motifs is 7. The van der Waals surface area contributed by atoms with E-state index in [1.807, 2.05) is 6.08 Å². The summed E-state index contributed by atoms with van der Waals surface area (Å²) in [5.41, 5.74) is 22.8. The molecular formula is C63H49N. The van der Waals surface area contributed by atoms with Crippen LogP contribution in [-0.2, 0) is 10.8 Å². The molecule has 9 aromatic rings. The van der Waals surface area contributed by atoms with E-state index in [1.54, 1.807) is 0 Å². The molecule has 306 valence electrons. The number of terminal acetylenes is 1. The van der Waals surface area contributed by atoms with Gasteiger partial charge < -0.3 is 4.90 Å². The quantitative estimate of drug-likeness (QED) is 0.145. The Hall–Kier alpha value is -7.66. The Kier molecular flexibility index (Phi) is 9.19. The van der Waals surface area contributed by atoms with Crippen LogP contribution < -0.4 is 4.90 Å². The lowest BCUT2D eigenvalue weighted by Gasteiger charge is -2.33. The highest BCUT2D eigenvalue weighted by atomic mass is 15.1. The number of allylic oxidation sites excluding steroid dienone is 1. The molecule has 0 saturated heterocycles. The molecule has 0 atom stereocenters. The van der Waals surface area contributed by atoms with Crippen molar-refractivity contribution >= 4 is 33.9 Å². The van der Waals surface area contributed by atoms with Crippen LogP contribution in [0, 0.1) is 19.3 Å². The summed E-state index contributed by atoms with van der Waals surface area (Å²) in [5.74, 6) is 2.75. The highest BCUT2D eigenvalue weighted by molar-refractivity contribution is 6.07. The second-order valence-corrected chi connectivity index (χ2v) is 18.5. The number of benzene rings is 9. The van der Waals surface area contributed by atoms with Crippen molar-refractivity contribution in [1.29, 1.82) is 0 Å². The third kappa shape index (κ3) is 6.09. The van der Waals surface area contributed by atoms with Crippen LogP contribution in [0.25, 0.3) is 72.5 Å². The van der Waals surface area contributed by atoms with Gasteiger partial charge in [-0.1, -0.05) is 185 Å². The summed E-state index contributed by atoms with van der Waals surface area (Å²) >= 11 is 0. The number of aryl methyl sites for hydroxylation is 1. The van der Waals surface area contributed by atoms with Crippen LogP contribution in [0.2, 0.25) is 0 Å². The Bertz CT molecular complexity index is 3290. The second-order valence-electron chi connectivity index (χ2n) is 18.5. The Labute approximate surface area is 378 Å². The van der Waals surface area contributed by atoms with Gasteiger partial charge in [0.1, 0.15) is 0 Å².